The molecule has 2 aromatic carbocycles. The number of hydrogen-bond donors (Lipinski definition) is 1. The summed E-state index contributed by atoms with van der Waals surface area (Å²) in [7, 11) is -1.30. The number of nitrogens with one attached hydrogen (secondary N) is 1. The molecular formula is C17H17NO6S. The summed E-state index contributed by atoms with van der Waals surface area (Å²) < 4.78 is 36.3. The van der Waals surface area contributed by atoms with Crippen molar-refractivity contribution in [3.63, 3.8) is 0 Å². The second-order valence-electron chi connectivity index (χ2n) is 5.03. The van der Waals surface area contributed by atoms with Gasteiger partial charge in [-0.05, 0) is 35.9 Å². The zero-order valence-corrected chi connectivity index (χ0v) is 14.5. The van der Waals surface area contributed by atoms with Gasteiger partial charge in [0.15, 0.2) is 0 Å². The van der Waals surface area contributed by atoms with Crippen molar-refractivity contribution in [3.05, 3.63) is 65.2 Å². The molecule has 2 aromatic rings. The van der Waals surface area contributed by atoms with Gasteiger partial charge in [-0.2, -0.15) is 0 Å². The van der Waals surface area contributed by atoms with Crippen LogP contribution in [0, 0.1) is 0 Å². The van der Waals surface area contributed by atoms with Gasteiger partial charge in [0.05, 0.1) is 30.2 Å². The van der Waals surface area contributed by atoms with Gasteiger partial charge in [-0.25, -0.2) is 22.7 Å². The highest BCUT2D eigenvalue weighted by molar-refractivity contribution is 7.89. The molecule has 0 spiro atoms. The van der Waals surface area contributed by atoms with E-state index in [0.29, 0.717) is 11.1 Å². The Morgan fingerprint density at radius 2 is 1.52 bits per heavy atom. The number of carbonyl (C=O) groups excluding carboxylic acids is 2. The fourth-order valence-corrected chi connectivity index (χ4v) is 3.11. The van der Waals surface area contributed by atoms with Crippen molar-refractivity contribution in [2.45, 2.75) is 11.4 Å². The van der Waals surface area contributed by atoms with E-state index >= 15 is 0 Å². The second kappa shape index (κ2) is 7.91. The van der Waals surface area contributed by atoms with Crippen LogP contribution in [0.5, 0.6) is 0 Å². The average molecular weight is 363 g/mol. The number of carbonyl (C=O) groups is 2. The minimum Gasteiger partial charge on any atom is -0.465 e. The maximum absolute atomic E-state index is 12.4. The highest BCUT2D eigenvalue weighted by Crippen LogP contribution is 2.13. The van der Waals surface area contributed by atoms with E-state index in [4.69, 9.17) is 0 Å². The Hall–Kier alpha value is -2.71. The number of esters is 2. The van der Waals surface area contributed by atoms with E-state index in [-0.39, 0.29) is 17.0 Å². The zero-order chi connectivity index (χ0) is 18.4. The monoisotopic (exact) mass is 363 g/mol. The highest BCUT2D eigenvalue weighted by atomic mass is 32.2. The zero-order valence-electron chi connectivity index (χ0n) is 13.7. The Bertz CT molecular complexity index is 874. The molecule has 8 heteroatoms. The summed E-state index contributed by atoms with van der Waals surface area (Å²) in [5.41, 5.74) is 1.19. The van der Waals surface area contributed by atoms with Gasteiger partial charge in [0.25, 0.3) is 0 Å². The first kappa shape index (κ1) is 18.6. The van der Waals surface area contributed by atoms with Crippen LogP contribution in [0.15, 0.2) is 53.4 Å². The van der Waals surface area contributed by atoms with Crippen LogP contribution in [-0.4, -0.2) is 34.6 Å². The first-order valence-electron chi connectivity index (χ1n) is 7.22. The van der Waals surface area contributed by atoms with E-state index in [9.17, 15) is 18.0 Å². The van der Waals surface area contributed by atoms with Crippen molar-refractivity contribution in [1.29, 1.82) is 0 Å². The molecule has 0 saturated heterocycles. The van der Waals surface area contributed by atoms with Gasteiger partial charge in [-0.1, -0.05) is 18.2 Å². The van der Waals surface area contributed by atoms with Gasteiger partial charge in [0.2, 0.25) is 10.0 Å². The van der Waals surface area contributed by atoms with Gasteiger partial charge in [0.1, 0.15) is 0 Å². The van der Waals surface area contributed by atoms with Crippen molar-refractivity contribution in [2.75, 3.05) is 14.2 Å². The third kappa shape index (κ3) is 4.65. The molecule has 132 valence electrons. The van der Waals surface area contributed by atoms with E-state index in [1.807, 2.05) is 0 Å². The Kier molecular flexibility index (Phi) is 5.89. The molecule has 0 aliphatic heterocycles. The molecule has 0 aliphatic carbocycles. The lowest BCUT2D eigenvalue weighted by Crippen LogP contribution is -2.23. The van der Waals surface area contributed by atoms with Gasteiger partial charge < -0.3 is 9.47 Å². The van der Waals surface area contributed by atoms with E-state index in [1.54, 1.807) is 24.3 Å². The molecule has 0 bridgehead atoms. The smallest absolute Gasteiger partial charge is 0.337 e. The van der Waals surface area contributed by atoms with Crippen molar-refractivity contribution in [2.24, 2.45) is 0 Å². The lowest BCUT2D eigenvalue weighted by molar-refractivity contribution is 0.0591. The van der Waals surface area contributed by atoms with Crippen LogP contribution in [-0.2, 0) is 26.0 Å². The van der Waals surface area contributed by atoms with Crippen molar-refractivity contribution >= 4 is 22.0 Å². The summed E-state index contributed by atoms with van der Waals surface area (Å²) in [6.07, 6.45) is 0. The Morgan fingerprint density at radius 3 is 2.12 bits per heavy atom. The molecule has 0 heterocycles. The summed E-state index contributed by atoms with van der Waals surface area (Å²) >= 11 is 0. The van der Waals surface area contributed by atoms with Crippen LogP contribution in [0.25, 0.3) is 0 Å². The van der Waals surface area contributed by atoms with Crippen LogP contribution in [0.4, 0.5) is 0 Å². The third-order valence-electron chi connectivity index (χ3n) is 3.41. The largest absolute Gasteiger partial charge is 0.465 e. The molecule has 0 atom stereocenters. The van der Waals surface area contributed by atoms with Crippen LogP contribution in [0.2, 0.25) is 0 Å². The molecule has 0 radical (unpaired) electrons. The maximum atomic E-state index is 12.4. The predicted octanol–water partition coefficient (Wildman–Crippen LogP) is 1.74. The summed E-state index contributed by atoms with van der Waals surface area (Å²) in [6.45, 7) is 0.0340. The fourth-order valence-electron chi connectivity index (χ4n) is 2.05. The molecule has 25 heavy (non-hydrogen) atoms. The Morgan fingerprint density at radius 1 is 0.920 bits per heavy atom. The highest BCUT2D eigenvalue weighted by Gasteiger charge is 2.16. The number of hydrogen-bond acceptors (Lipinski definition) is 6. The summed E-state index contributed by atoms with van der Waals surface area (Å²) in [5.74, 6) is -1.08. The second-order valence-corrected chi connectivity index (χ2v) is 6.80. The van der Waals surface area contributed by atoms with Crippen LogP contribution in [0.3, 0.4) is 0 Å². The normalized spacial score (nSPS) is 11.0. The first-order chi connectivity index (χ1) is 11.9. The Balaban J connectivity index is 2.11. The standard InChI is InChI=1S/C17H17NO6S/c1-23-16(19)13-8-6-12(7-9-13)11-18-25(21,22)15-5-3-4-14(10-15)17(20)24-2/h3-10,18H,11H2,1-2H3. The minimum atomic E-state index is -3.80. The van der Waals surface area contributed by atoms with Crippen LogP contribution in [0.1, 0.15) is 26.3 Å². The molecule has 1 N–H and O–H groups in total. The number of rotatable bonds is 6. The molecule has 0 fully saturated rings. The van der Waals surface area contributed by atoms with Gasteiger partial charge in [0, 0.05) is 6.54 Å². The van der Waals surface area contributed by atoms with E-state index < -0.39 is 22.0 Å². The predicted molar refractivity (Wildman–Crippen MR) is 89.6 cm³/mol. The number of benzene rings is 2. The molecule has 0 aromatic heterocycles. The van der Waals surface area contributed by atoms with Gasteiger partial charge in [-0.3, -0.25) is 0 Å². The lowest BCUT2D eigenvalue weighted by atomic mass is 10.1. The third-order valence-corrected chi connectivity index (χ3v) is 4.81. The topological polar surface area (TPSA) is 98.8 Å². The molecule has 0 amide bonds. The SMILES string of the molecule is COC(=O)c1ccc(CNS(=O)(=O)c2cccc(C(=O)OC)c2)cc1. The van der Waals surface area contributed by atoms with Gasteiger partial charge in [-0.15, -0.1) is 0 Å². The summed E-state index contributed by atoms with van der Waals surface area (Å²) in [6, 6.07) is 11.9. The van der Waals surface area contributed by atoms with Gasteiger partial charge >= 0.3 is 11.9 Å². The average Bonchev–Trinajstić information content (AvgIpc) is 2.65. The summed E-state index contributed by atoms with van der Waals surface area (Å²) in [4.78, 5) is 22.8. The number of methoxy groups -OCH3 is 2. The number of sulfonamides is 1. The summed E-state index contributed by atoms with van der Waals surface area (Å²) in [5, 5.41) is 0. The molecule has 0 saturated carbocycles. The molecular weight excluding hydrogens is 346 g/mol. The van der Waals surface area contributed by atoms with Crippen molar-refractivity contribution in [3.8, 4) is 0 Å². The molecule has 0 aliphatic rings. The van der Waals surface area contributed by atoms with E-state index in [1.165, 1.54) is 38.5 Å². The Labute approximate surface area is 145 Å². The van der Waals surface area contributed by atoms with Crippen molar-refractivity contribution in [1.82, 2.24) is 4.72 Å². The molecule has 7 nitrogen and oxygen atoms in total. The first-order valence-corrected chi connectivity index (χ1v) is 8.71. The number of ether oxygens (including phenoxy) is 2. The van der Waals surface area contributed by atoms with E-state index in [2.05, 4.69) is 14.2 Å². The fraction of sp³-hybridized carbons (Fsp3) is 0.176. The lowest BCUT2D eigenvalue weighted by Gasteiger charge is -2.08. The quantitative estimate of drug-likeness (QED) is 0.785. The maximum Gasteiger partial charge on any atom is 0.337 e. The van der Waals surface area contributed by atoms with Crippen LogP contribution >= 0.6 is 0 Å². The van der Waals surface area contributed by atoms with E-state index in [0.717, 1.165) is 0 Å². The van der Waals surface area contributed by atoms with Crippen LogP contribution < -0.4 is 4.72 Å². The van der Waals surface area contributed by atoms with Crippen molar-refractivity contribution < 1.29 is 27.5 Å². The minimum absolute atomic E-state index is 0.0340. The molecule has 2 rings (SSSR count). The molecule has 0 unspecified atom stereocenters.